The fraction of sp³-hybridized carbons (Fsp3) is 0.464. The maximum absolute atomic E-state index is 13.7. The average Bonchev–Trinajstić information content (AvgIpc) is 3.40. The van der Waals surface area contributed by atoms with E-state index in [1.807, 2.05) is 49.1 Å². The first-order valence-electron chi connectivity index (χ1n) is 12.5. The van der Waals surface area contributed by atoms with Gasteiger partial charge in [0.25, 0.3) is 5.91 Å². The van der Waals surface area contributed by atoms with Crippen molar-refractivity contribution in [2.75, 3.05) is 19.7 Å². The molecule has 3 aliphatic rings. The number of likely N-dealkylation sites (tertiary alicyclic amines) is 1. The zero-order chi connectivity index (χ0) is 24.4. The van der Waals surface area contributed by atoms with Crippen LogP contribution in [0.15, 0.2) is 51.6 Å². The third-order valence-electron chi connectivity index (χ3n) is 7.64. The Morgan fingerprint density at radius 3 is 2.49 bits per heavy atom. The molecule has 7 heteroatoms. The SMILES string of the molecule is Cc1cc(C)c(C2(C3CCCCO3)N=CN=N2)cc1C(=O)N1CCC(c2ccc(C#N)cc2)CC1. The number of aryl methyl sites for hydroxylation is 2. The second-order valence-electron chi connectivity index (χ2n) is 9.82. The van der Waals surface area contributed by atoms with Crippen LogP contribution in [0.5, 0.6) is 0 Å². The van der Waals surface area contributed by atoms with Crippen LogP contribution < -0.4 is 0 Å². The van der Waals surface area contributed by atoms with E-state index in [2.05, 4.69) is 22.4 Å². The third kappa shape index (κ3) is 4.39. The van der Waals surface area contributed by atoms with Crippen LogP contribution in [0.3, 0.4) is 0 Å². The molecule has 0 radical (unpaired) electrons. The molecule has 2 aromatic rings. The number of rotatable bonds is 4. The van der Waals surface area contributed by atoms with Crippen LogP contribution in [0.4, 0.5) is 0 Å². The quantitative estimate of drug-likeness (QED) is 0.599. The highest BCUT2D eigenvalue weighted by atomic mass is 16.5. The lowest BCUT2D eigenvalue weighted by molar-refractivity contribution is -0.0318. The normalized spacial score (nSPS) is 24.5. The number of azo groups is 1. The Hall–Kier alpha value is -3.37. The lowest BCUT2D eigenvalue weighted by Gasteiger charge is -2.36. The van der Waals surface area contributed by atoms with E-state index < -0.39 is 5.66 Å². The van der Waals surface area contributed by atoms with Crippen molar-refractivity contribution in [1.82, 2.24) is 4.90 Å². The predicted octanol–water partition coefficient (Wildman–Crippen LogP) is 5.41. The van der Waals surface area contributed by atoms with Crippen molar-refractivity contribution in [3.8, 4) is 6.07 Å². The van der Waals surface area contributed by atoms with Gasteiger partial charge in [0.2, 0.25) is 5.66 Å². The minimum absolute atomic E-state index is 0.0562. The maximum atomic E-state index is 13.7. The third-order valence-corrected chi connectivity index (χ3v) is 7.64. The maximum Gasteiger partial charge on any atom is 0.254 e. The largest absolute Gasteiger partial charge is 0.373 e. The molecule has 0 aromatic heterocycles. The molecule has 7 nitrogen and oxygen atoms in total. The van der Waals surface area contributed by atoms with Crippen LogP contribution in [-0.4, -0.2) is 42.9 Å². The van der Waals surface area contributed by atoms with Gasteiger partial charge in [0.1, 0.15) is 12.4 Å². The van der Waals surface area contributed by atoms with E-state index in [9.17, 15) is 4.79 Å². The van der Waals surface area contributed by atoms with Crippen LogP contribution in [0.1, 0.15) is 76.2 Å². The zero-order valence-electron chi connectivity index (χ0n) is 20.4. The topological polar surface area (TPSA) is 90.4 Å². The summed E-state index contributed by atoms with van der Waals surface area (Å²) in [4.78, 5) is 20.3. The number of carbonyl (C=O) groups excluding carboxylic acids is 1. The number of amides is 1. The van der Waals surface area contributed by atoms with Crippen LogP contribution in [0.25, 0.3) is 0 Å². The summed E-state index contributed by atoms with van der Waals surface area (Å²) >= 11 is 0. The zero-order valence-corrected chi connectivity index (χ0v) is 20.4. The van der Waals surface area contributed by atoms with Gasteiger partial charge >= 0.3 is 0 Å². The van der Waals surface area contributed by atoms with Gasteiger partial charge in [0.15, 0.2) is 0 Å². The molecule has 35 heavy (non-hydrogen) atoms. The van der Waals surface area contributed by atoms with Gasteiger partial charge in [-0.05, 0) is 86.8 Å². The van der Waals surface area contributed by atoms with E-state index >= 15 is 0 Å². The number of nitriles is 1. The standard InChI is InChI=1S/C28H31N5O2/c1-19-15-20(2)25(28(30-18-31-32-28)26-5-3-4-14-35-26)16-24(19)27(34)33-12-10-23(11-13-33)22-8-6-21(17-29)7-9-22/h6-9,15-16,18,23,26H,3-5,10-14H2,1-2H3. The van der Waals surface area contributed by atoms with Gasteiger partial charge in [-0.1, -0.05) is 18.2 Å². The molecule has 0 spiro atoms. The van der Waals surface area contributed by atoms with Crippen molar-refractivity contribution in [3.63, 3.8) is 0 Å². The van der Waals surface area contributed by atoms with Crippen molar-refractivity contribution in [1.29, 1.82) is 5.26 Å². The van der Waals surface area contributed by atoms with E-state index in [1.165, 1.54) is 11.9 Å². The summed E-state index contributed by atoms with van der Waals surface area (Å²) in [6.07, 6.45) is 6.14. The Balaban J connectivity index is 1.37. The minimum Gasteiger partial charge on any atom is -0.373 e. The summed E-state index contributed by atoms with van der Waals surface area (Å²) < 4.78 is 6.11. The van der Waals surface area contributed by atoms with Crippen LogP contribution in [0, 0.1) is 25.2 Å². The second kappa shape index (κ2) is 9.71. The molecule has 3 aliphatic heterocycles. The number of benzene rings is 2. The molecule has 2 unspecified atom stereocenters. The molecule has 2 saturated heterocycles. The number of hydrogen-bond donors (Lipinski definition) is 0. The van der Waals surface area contributed by atoms with Gasteiger partial charge in [0.05, 0.1) is 11.6 Å². The average molecular weight is 470 g/mol. The fourth-order valence-corrected chi connectivity index (χ4v) is 5.65. The van der Waals surface area contributed by atoms with Gasteiger partial charge in [-0.25, -0.2) is 4.99 Å². The van der Waals surface area contributed by atoms with E-state index in [0.29, 0.717) is 36.7 Å². The van der Waals surface area contributed by atoms with Crippen LogP contribution >= 0.6 is 0 Å². The highest BCUT2D eigenvalue weighted by Crippen LogP contribution is 2.42. The Morgan fingerprint density at radius 1 is 1.09 bits per heavy atom. The van der Waals surface area contributed by atoms with Gasteiger partial charge < -0.3 is 9.64 Å². The van der Waals surface area contributed by atoms with Crippen LogP contribution in [-0.2, 0) is 10.4 Å². The number of carbonyl (C=O) groups is 1. The van der Waals surface area contributed by atoms with Gasteiger partial charge in [0, 0.05) is 30.8 Å². The van der Waals surface area contributed by atoms with E-state index in [0.717, 1.165) is 48.8 Å². The Kier molecular flexibility index (Phi) is 6.48. The number of aliphatic imine (C=N–C) groups is 1. The Bertz CT molecular complexity index is 1190. The summed E-state index contributed by atoms with van der Waals surface area (Å²) in [5.41, 5.74) is 4.63. The van der Waals surface area contributed by atoms with E-state index in [-0.39, 0.29) is 12.0 Å². The highest BCUT2D eigenvalue weighted by Gasteiger charge is 2.45. The number of hydrogen-bond acceptors (Lipinski definition) is 6. The molecule has 0 aliphatic carbocycles. The molecule has 0 N–H and O–H groups in total. The number of ether oxygens (including phenoxy) is 1. The molecule has 2 atom stereocenters. The molecule has 5 rings (SSSR count). The van der Waals surface area contributed by atoms with Crippen molar-refractivity contribution in [2.24, 2.45) is 15.2 Å². The lowest BCUT2D eigenvalue weighted by Crippen LogP contribution is -2.41. The first kappa shape index (κ1) is 23.4. The summed E-state index contributed by atoms with van der Waals surface area (Å²) in [5.74, 6) is 0.460. The molecular weight excluding hydrogens is 438 g/mol. The van der Waals surface area contributed by atoms with E-state index in [4.69, 9.17) is 15.0 Å². The molecule has 180 valence electrons. The second-order valence-corrected chi connectivity index (χ2v) is 9.82. The minimum atomic E-state index is -0.907. The number of nitrogens with zero attached hydrogens (tertiary/aromatic N) is 5. The summed E-state index contributed by atoms with van der Waals surface area (Å²) in [6.45, 7) is 6.16. The first-order valence-corrected chi connectivity index (χ1v) is 12.5. The Morgan fingerprint density at radius 2 is 1.86 bits per heavy atom. The number of piperidine rings is 1. The highest BCUT2D eigenvalue weighted by molar-refractivity contribution is 5.96. The first-order chi connectivity index (χ1) is 17.0. The van der Waals surface area contributed by atoms with Gasteiger partial charge in [-0.2, -0.15) is 5.26 Å². The monoisotopic (exact) mass is 469 g/mol. The van der Waals surface area contributed by atoms with E-state index in [1.54, 1.807) is 0 Å². The molecule has 0 bridgehead atoms. The molecule has 1 amide bonds. The molecule has 0 saturated carbocycles. The van der Waals surface area contributed by atoms with Gasteiger partial charge in [-0.15, -0.1) is 10.2 Å². The predicted molar refractivity (Wildman–Crippen MR) is 134 cm³/mol. The van der Waals surface area contributed by atoms with Crippen molar-refractivity contribution < 1.29 is 9.53 Å². The smallest absolute Gasteiger partial charge is 0.254 e. The van der Waals surface area contributed by atoms with Crippen LogP contribution in [0.2, 0.25) is 0 Å². The van der Waals surface area contributed by atoms with Crippen molar-refractivity contribution in [3.05, 3.63) is 69.8 Å². The molecular formula is C28H31N5O2. The van der Waals surface area contributed by atoms with Crippen molar-refractivity contribution >= 4 is 12.2 Å². The van der Waals surface area contributed by atoms with Gasteiger partial charge in [-0.3, -0.25) is 4.79 Å². The lowest BCUT2D eigenvalue weighted by atomic mass is 9.85. The molecule has 2 fully saturated rings. The summed E-state index contributed by atoms with van der Waals surface area (Å²) in [5, 5.41) is 17.7. The van der Waals surface area contributed by atoms with Crippen molar-refractivity contribution in [2.45, 2.75) is 63.6 Å². The fourth-order valence-electron chi connectivity index (χ4n) is 5.65. The Labute approximate surface area is 206 Å². The molecule has 2 aromatic carbocycles. The molecule has 3 heterocycles. The summed E-state index contributed by atoms with van der Waals surface area (Å²) in [6, 6.07) is 14.1. The summed E-state index contributed by atoms with van der Waals surface area (Å²) in [7, 11) is 0.